The predicted molar refractivity (Wildman–Crippen MR) is 116 cm³/mol. The van der Waals surface area contributed by atoms with Crippen LogP contribution in [0.5, 0.6) is 5.75 Å². The first-order valence-electron chi connectivity index (χ1n) is 8.96. The van der Waals surface area contributed by atoms with Crippen LogP contribution in [0.4, 0.5) is 5.69 Å². The maximum atomic E-state index is 13.0. The van der Waals surface area contributed by atoms with E-state index in [1.54, 1.807) is 61.7 Å². The van der Waals surface area contributed by atoms with Crippen molar-refractivity contribution in [2.24, 2.45) is 0 Å². The molecule has 0 aliphatic rings. The van der Waals surface area contributed by atoms with Gasteiger partial charge in [0.1, 0.15) is 12.4 Å². The van der Waals surface area contributed by atoms with Gasteiger partial charge in [0.05, 0.1) is 28.3 Å². The number of halogens is 1. The molecule has 0 radical (unpaired) electrons. The fourth-order valence-electron chi connectivity index (χ4n) is 2.70. The molecule has 156 valence electrons. The quantitative estimate of drug-likeness (QED) is 0.499. The molecular weight excluding hydrogens is 426 g/mol. The van der Waals surface area contributed by atoms with Crippen LogP contribution in [0, 0.1) is 0 Å². The summed E-state index contributed by atoms with van der Waals surface area (Å²) in [5.74, 6) is -0.0243. The van der Waals surface area contributed by atoms with E-state index in [1.165, 1.54) is 25.2 Å². The highest BCUT2D eigenvalue weighted by molar-refractivity contribution is 7.92. The van der Waals surface area contributed by atoms with E-state index >= 15 is 0 Å². The molecule has 6 nitrogen and oxygen atoms in total. The lowest BCUT2D eigenvalue weighted by molar-refractivity contribution is 0.0472. The highest BCUT2D eigenvalue weighted by Gasteiger charge is 2.24. The van der Waals surface area contributed by atoms with Gasteiger partial charge in [0, 0.05) is 7.05 Å². The van der Waals surface area contributed by atoms with E-state index < -0.39 is 16.0 Å². The lowest BCUT2D eigenvalue weighted by atomic mass is 10.2. The van der Waals surface area contributed by atoms with E-state index in [9.17, 15) is 13.2 Å². The third-order valence-electron chi connectivity index (χ3n) is 4.46. The monoisotopic (exact) mass is 445 g/mol. The van der Waals surface area contributed by atoms with Crippen LogP contribution in [0.2, 0.25) is 5.02 Å². The van der Waals surface area contributed by atoms with Gasteiger partial charge in [-0.2, -0.15) is 0 Å². The van der Waals surface area contributed by atoms with Crippen LogP contribution in [-0.2, 0) is 21.4 Å². The highest BCUT2D eigenvalue weighted by Crippen LogP contribution is 2.26. The Kier molecular flexibility index (Phi) is 6.64. The van der Waals surface area contributed by atoms with Crippen molar-refractivity contribution in [3.63, 3.8) is 0 Å². The first-order valence-corrected chi connectivity index (χ1v) is 10.8. The Labute approximate surface area is 180 Å². The molecule has 0 fully saturated rings. The number of anilines is 1. The molecule has 3 aromatic rings. The maximum absolute atomic E-state index is 13.0. The summed E-state index contributed by atoms with van der Waals surface area (Å²) >= 11 is 6.13. The number of carbonyl (C=O) groups is 1. The minimum Gasteiger partial charge on any atom is -0.497 e. The Bertz CT molecular complexity index is 1130. The number of sulfonamides is 1. The molecule has 0 aliphatic heterocycles. The normalized spacial score (nSPS) is 11.0. The summed E-state index contributed by atoms with van der Waals surface area (Å²) in [7, 11) is -0.878. The largest absolute Gasteiger partial charge is 0.497 e. The van der Waals surface area contributed by atoms with E-state index in [1.807, 2.05) is 0 Å². The fraction of sp³-hybridized carbons (Fsp3) is 0.136. The second kappa shape index (κ2) is 9.19. The van der Waals surface area contributed by atoms with Crippen LogP contribution >= 0.6 is 11.6 Å². The van der Waals surface area contributed by atoms with Crippen molar-refractivity contribution in [1.82, 2.24) is 0 Å². The van der Waals surface area contributed by atoms with E-state index in [2.05, 4.69) is 0 Å². The molecule has 0 aromatic heterocycles. The lowest BCUT2D eigenvalue weighted by Gasteiger charge is -2.20. The molecule has 30 heavy (non-hydrogen) atoms. The molecule has 0 saturated carbocycles. The van der Waals surface area contributed by atoms with Gasteiger partial charge in [-0.05, 0) is 48.0 Å². The summed E-state index contributed by atoms with van der Waals surface area (Å²) in [6.45, 7) is 0.0139. The van der Waals surface area contributed by atoms with Crippen LogP contribution in [-0.4, -0.2) is 28.5 Å². The zero-order valence-corrected chi connectivity index (χ0v) is 18.0. The molecule has 0 atom stereocenters. The second-order valence-electron chi connectivity index (χ2n) is 6.37. The van der Waals surface area contributed by atoms with Gasteiger partial charge in [0.2, 0.25) is 0 Å². The summed E-state index contributed by atoms with van der Waals surface area (Å²) in [5.41, 5.74) is 1.23. The maximum Gasteiger partial charge on any atom is 0.340 e. The molecular formula is C22H20ClNO5S. The highest BCUT2D eigenvalue weighted by atomic mass is 35.5. The molecule has 0 aliphatic carbocycles. The zero-order valence-electron chi connectivity index (χ0n) is 16.4. The topological polar surface area (TPSA) is 72.9 Å². The smallest absolute Gasteiger partial charge is 0.340 e. The Balaban J connectivity index is 1.80. The van der Waals surface area contributed by atoms with Gasteiger partial charge < -0.3 is 9.47 Å². The molecule has 0 spiro atoms. The van der Waals surface area contributed by atoms with E-state index in [-0.39, 0.29) is 22.1 Å². The van der Waals surface area contributed by atoms with E-state index in [4.69, 9.17) is 21.1 Å². The first-order chi connectivity index (χ1) is 14.3. The minimum absolute atomic E-state index is 0.0139. The molecule has 0 heterocycles. The van der Waals surface area contributed by atoms with Gasteiger partial charge in [0.15, 0.2) is 0 Å². The van der Waals surface area contributed by atoms with Gasteiger partial charge >= 0.3 is 5.97 Å². The number of para-hydroxylation sites is 1. The molecule has 0 amide bonds. The first kappa shape index (κ1) is 21.7. The molecule has 0 N–H and O–H groups in total. The van der Waals surface area contributed by atoms with Crippen molar-refractivity contribution < 1.29 is 22.7 Å². The lowest BCUT2D eigenvalue weighted by Crippen LogP contribution is -2.26. The van der Waals surface area contributed by atoms with Crippen LogP contribution < -0.4 is 9.04 Å². The Hall–Kier alpha value is -3.03. The van der Waals surface area contributed by atoms with Crippen molar-refractivity contribution in [2.75, 3.05) is 18.5 Å². The Morgan fingerprint density at radius 3 is 2.30 bits per heavy atom. The Morgan fingerprint density at radius 1 is 1.00 bits per heavy atom. The van der Waals surface area contributed by atoms with E-state index in [0.29, 0.717) is 11.4 Å². The zero-order chi connectivity index (χ0) is 21.7. The van der Waals surface area contributed by atoms with Crippen molar-refractivity contribution >= 4 is 33.3 Å². The number of methoxy groups -OCH3 is 1. The average Bonchev–Trinajstić information content (AvgIpc) is 2.78. The molecule has 0 unspecified atom stereocenters. The van der Waals surface area contributed by atoms with Gasteiger partial charge in [-0.3, -0.25) is 4.31 Å². The van der Waals surface area contributed by atoms with Crippen LogP contribution in [0.3, 0.4) is 0 Å². The number of benzene rings is 3. The number of hydrogen-bond acceptors (Lipinski definition) is 5. The standard InChI is InChI=1S/C22H20ClNO5S/c1-24(17-6-4-3-5-7-17)30(26,27)19-12-13-21(23)20(14-19)22(25)29-15-16-8-10-18(28-2)11-9-16/h3-14H,15H2,1-2H3. The van der Waals surface area contributed by atoms with Crippen LogP contribution in [0.25, 0.3) is 0 Å². The molecule has 8 heteroatoms. The summed E-state index contributed by atoms with van der Waals surface area (Å²) in [5, 5.41) is 0.107. The third-order valence-corrected chi connectivity index (χ3v) is 6.58. The SMILES string of the molecule is COc1ccc(COC(=O)c2cc(S(=O)(=O)N(C)c3ccccc3)ccc2Cl)cc1. The van der Waals surface area contributed by atoms with Gasteiger partial charge in [-0.25, -0.2) is 13.2 Å². The molecule has 0 saturated heterocycles. The van der Waals surface area contributed by atoms with Crippen molar-refractivity contribution in [1.29, 1.82) is 0 Å². The number of esters is 1. The summed E-state index contributed by atoms with van der Waals surface area (Å²) in [6.07, 6.45) is 0. The second-order valence-corrected chi connectivity index (χ2v) is 8.75. The minimum atomic E-state index is -3.89. The van der Waals surface area contributed by atoms with Gasteiger partial charge in [-0.1, -0.05) is 41.9 Å². The number of carbonyl (C=O) groups excluding carboxylic acids is 1. The summed E-state index contributed by atoms with van der Waals surface area (Å²) in [4.78, 5) is 12.5. The van der Waals surface area contributed by atoms with Crippen LogP contribution in [0.1, 0.15) is 15.9 Å². The van der Waals surface area contributed by atoms with Crippen molar-refractivity contribution in [2.45, 2.75) is 11.5 Å². The number of nitrogens with zero attached hydrogens (tertiary/aromatic N) is 1. The summed E-state index contributed by atoms with van der Waals surface area (Å²) < 4.78 is 37.5. The Morgan fingerprint density at radius 2 is 1.67 bits per heavy atom. The van der Waals surface area contributed by atoms with Crippen LogP contribution in [0.15, 0.2) is 77.7 Å². The van der Waals surface area contributed by atoms with E-state index in [0.717, 1.165) is 9.87 Å². The fourth-order valence-corrected chi connectivity index (χ4v) is 4.12. The van der Waals surface area contributed by atoms with Gasteiger partial charge in [-0.15, -0.1) is 0 Å². The number of rotatable bonds is 7. The molecule has 3 rings (SSSR count). The predicted octanol–water partition coefficient (Wildman–Crippen LogP) is 4.53. The van der Waals surface area contributed by atoms with Crippen molar-refractivity contribution in [3.8, 4) is 5.75 Å². The van der Waals surface area contributed by atoms with Gasteiger partial charge in [0.25, 0.3) is 10.0 Å². The van der Waals surface area contributed by atoms with Crippen molar-refractivity contribution in [3.05, 3.63) is 88.9 Å². The number of ether oxygens (including phenoxy) is 2. The molecule has 3 aromatic carbocycles. The average molecular weight is 446 g/mol. The number of hydrogen-bond donors (Lipinski definition) is 0. The third kappa shape index (κ3) is 4.75. The summed E-state index contributed by atoms with van der Waals surface area (Å²) in [6, 6.07) is 19.6. The molecule has 0 bridgehead atoms.